The van der Waals surface area contributed by atoms with E-state index in [1.807, 2.05) is 16.6 Å². The Morgan fingerprint density at radius 3 is 3.00 bits per heavy atom. The van der Waals surface area contributed by atoms with Gasteiger partial charge in [-0.05, 0) is 6.92 Å². The highest BCUT2D eigenvalue weighted by Gasteiger charge is 2.25. The van der Waals surface area contributed by atoms with Gasteiger partial charge in [0.2, 0.25) is 5.91 Å². The molecule has 1 unspecified atom stereocenters. The second-order valence-electron chi connectivity index (χ2n) is 4.26. The molecule has 0 bridgehead atoms. The summed E-state index contributed by atoms with van der Waals surface area (Å²) in [5, 5.41) is 0. The van der Waals surface area contributed by atoms with E-state index in [9.17, 15) is 4.79 Å². The average molecular weight is 239 g/mol. The molecule has 0 N–H and O–H groups in total. The van der Waals surface area contributed by atoms with E-state index in [0.717, 1.165) is 26.2 Å². The zero-order valence-corrected chi connectivity index (χ0v) is 10.5. The lowest BCUT2D eigenvalue weighted by molar-refractivity contribution is -0.133. The van der Waals surface area contributed by atoms with E-state index in [4.69, 9.17) is 0 Å². The molecule has 2 rings (SSSR count). The molecular formula is C11H17N3OS. The lowest BCUT2D eigenvalue weighted by Gasteiger charge is -2.39. The maximum Gasteiger partial charge on any atom is 0.219 e. The van der Waals surface area contributed by atoms with Gasteiger partial charge in [0, 0.05) is 50.2 Å². The van der Waals surface area contributed by atoms with E-state index in [-0.39, 0.29) is 5.91 Å². The molecule has 2 heterocycles. The van der Waals surface area contributed by atoms with Crippen molar-refractivity contribution in [2.45, 2.75) is 26.4 Å². The molecule has 1 aromatic rings. The van der Waals surface area contributed by atoms with Crippen molar-refractivity contribution in [1.29, 1.82) is 0 Å². The number of carbonyl (C=O) groups is 1. The van der Waals surface area contributed by atoms with Gasteiger partial charge < -0.3 is 4.90 Å². The van der Waals surface area contributed by atoms with Gasteiger partial charge in [0.05, 0.1) is 5.51 Å². The highest BCUT2D eigenvalue weighted by Crippen LogP contribution is 2.15. The molecule has 1 aromatic heterocycles. The smallest absolute Gasteiger partial charge is 0.219 e. The standard InChI is InChI=1S/C11H17N3OS/c1-9-6-13(3-4-14(9)10(2)15)7-11-5-12-8-16-11/h5,8-9H,3-4,6-7H2,1-2H3. The monoisotopic (exact) mass is 239 g/mol. The molecule has 0 saturated carbocycles. The van der Waals surface area contributed by atoms with Crippen LogP contribution in [0.25, 0.3) is 0 Å². The molecule has 0 radical (unpaired) electrons. The Bertz CT molecular complexity index is 352. The Morgan fingerprint density at radius 1 is 1.62 bits per heavy atom. The number of thiazole rings is 1. The summed E-state index contributed by atoms with van der Waals surface area (Å²) in [6, 6.07) is 0.319. The van der Waals surface area contributed by atoms with Gasteiger partial charge in [0.25, 0.3) is 0 Å². The van der Waals surface area contributed by atoms with E-state index in [2.05, 4.69) is 16.8 Å². The quantitative estimate of drug-likeness (QED) is 0.778. The first-order valence-corrected chi connectivity index (χ1v) is 6.41. The molecule has 0 aliphatic carbocycles. The largest absolute Gasteiger partial charge is 0.338 e. The third kappa shape index (κ3) is 2.59. The van der Waals surface area contributed by atoms with Gasteiger partial charge in [-0.2, -0.15) is 0 Å². The maximum absolute atomic E-state index is 11.3. The van der Waals surface area contributed by atoms with E-state index >= 15 is 0 Å². The second kappa shape index (κ2) is 4.93. The van der Waals surface area contributed by atoms with Crippen LogP contribution in [0.5, 0.6) is 0 Å². The van der Waals surface area contributed by atoms with Crippen molar-refractivity contribution in [2.24, 2.45) is 0 Å². The first-order chi connectivity index (χ1) is 7.66. The van der Waals surface area contributed by atoms with Crippen LogP contribution in [-0.2, 0) is 11.3 Å². The number of hydrogen-bond donors (Lipinski definition) is 0. The summed E-state index contributed by atoms with van der Waals surface area (Å²) in [6.07, 6.45) is 1.92. The van der Waals surface area contributed by atoms with Crippen molar-refractivity contribution >= 4 is 17.2 Å². The number of amides is 1. The Labute approximate surface area is 99.9 Å². The minimum absolute atomic E-state index is 0.185. The number of aromatic nitrogens is 1. The van der Waals surface area contributed by atoms with Crippen molar-refractivity contribution in [3.8, 4) is 0 Å². The molecule has 88 valence electrons. The number of nitrogens with zero attached hydrogens (tertiary/aromatic N) is 3. The minimum atomic E-state index is 0.185. The second-order valence-corrected chi connectivity index (χ2v) is 5.24. The first kappa shape index (κ1) is 11.5. The third-order valence-corrected chi connectivity index (χ3v) is 3.74. The van der Waals surface area contributed by atoms with Crippen LogP contribution < -0.4 is 0 Å². The molecule has 0 aromatic carbocycles. The van der Waals surface area contributed by atoms with E-state index in [0.29, 0.717) is 6.04 Å². The molecule has 1 aliphatic heterocycles. The summed E-state index contributed by atoms with van der Waals surface area (Å²) in [4.78, 5) is 21.0. The van der Waals surface area contributed by atoms with Gasteiger partial charge >= 0.3 is 0 Å². The zero-order chi connectivity index (χ0) is 11.5. The van der Waals surface area contributed by atoms with Crippen molar-refractivity contribution < 1.29 is 4.79 Å². The van der Waals surface area contributed by atoms with Gasteiger partial charge in [-0.3, -0.25) is 14.7 Å². The summed E-state index contributed by atoms with van der Waals surface area (Å²) >= 11 is 1.69. The highest BCUT2D eigenvalue weighted by atomic mass is 32.1. The summed E-state index contributed by atoms with van der Waals surface area (Å²) < 4.78 is 0. The number of piperazine rings is 1. The topological polar surface area (TPSA) is 36.4 Å². The first-order valence-electron chi connectivity index (χ1n) is 5.53. The molecule has 16 heavy (non-hydrogen) atoms. The fourth-order valence-electron chi connectivity index (χ4n) is 2.19. The average Bonchev–Trinajstić information content (AvgIpc) is 2.70. The van der Waals surface area contributed by atoms with E-state index < -0.39 is 0 Å². The SMILES string of the molecule is CC(=O)N1CCN(Cc2cncs2)CC1C. The molecule has 1 atom stereocenters. The van der Waals surface area contributed by atoms with Crippen LogP contribution in [0.1, 0.15) is 18.7 Å². The normalized spacial score (nSPS) is 22.4. The molecular weight excluding hydrogens is 222 g/mol. The van der Waals surface area contributed by atoms with Gasteiger partial charge in [-0.25, -0.2) is 0 Å². The minimum Gasteiger partial charge on any atom is -0.338 e. The summed E-state index contributed by atoms with van der Waals surface area (Å²) in [7, 11) is 0. The van der Waals surface area contributed by atoms with E-state index in [1.54, 1.807) is 18.3 Å². The number of hydrogen-bond acceptors (Lipinski definition) is 4. The maximum atomic E-state index is 11.3. The summed E-state index contributed by atoms with van der Waals surface area (Å²) in [5.41, 5.74) is 1.87. The zero-order valence-electron chi connectivity index (χ0n) is 9.72. The molecule has 5 heteroatoms. The molecule has 1 amide bonds. The fourth-order valence-corrected chi connectivity index (χ4v) is 2.82. The summed E-state index contributed by atoms with van der Waals surface area (Å²) in [5.74, 6) is 0.185. The lowest BCUT2D eigenvalue weighted by atomic mass is 10.2. The number of rotatable bonds is 2. The Morgan fingerprint density at radius 2 is 2.44 bits per heavy atom. The summed E-state index contributed by atoms with van der Waals surface area (Å²) in [6.45, 7) is 7.48. The van der Waals surface area contributed by atoms with Gasteiger partial charge in [-0.15, -0.1) is 11.3 Å². The Hall–Kier alpha value is -0.940. The van der Waals surface area contributed by atoms with Crippen LogP contribution in [0.4, 0.5) is 0 Å². The van der Waals surface area contributed by atoms with Crippen LogP contribution in [0.2, 0.25) is 0 Å². The molecule has 1 saturated heterocycles. The van der Waals surface area contributed by atoms with Gasteiger partial charge in [0.15, 0.2) is 0 Å². The van der Waals surface area contributed by atoms with Crippen molar-refractivity contribution in [3.05, 3.63) is 16.6 Å². The third-order valence-electron chi connectivity index (χ3n) is 2.98. The van der Waals surface area contributed by atoms with Crippen LogP contribution in [0.3, 0.4) is 0 Å². The van der Waals surface area contributed by atoms with Crippen LogP contribution in [0, 0.1) is 0 Å². The highest BCUT2D eigenvalue weighted by molar-refractivity contribution is 7.09. The lowest BCUT2D eigenvalue weighted by Crippen LogP contribution is -2.52. The predicted octanol–water partition coefficient (Wildman–Crippen LogP) is 1.20. The molecule has 1 fully saturated rings. The molecule has 0 spiro atoms. The Kier molecular flexibility index (Phi) is 3.56. The Balaban J connectivity index is 1.90. The van der Waals surface area contributed by atoms with Crippen molar-refractivity contribution in [3.63, 3.8) is 0 Å². The van der Waals surface area contributed by atoms with E-state index in [1.165, 1.54) is 4.88 Å². The van der Waals surface area contributed by atoms with Crippen LogP contribution in [-0.4, -0.2) is 46.4 Å². The van der Waals surface area contributed by atoms with Gasteiger partial charge in [-0.1, -0.05) is 0 Å². The molecule has 4 nitrogen and oxygen atoms in total. The van der Waals surface area contributed by atoms with Crippen molar-refractivity contribution in [2.75, 3.05) is 19.6 Å². The predicted molar refractivity (Wildman–Crippen MR) is 64.2 cm³/mol. The number of carbonyl (C=O) groups excluding carboxylic acids is 1. The molecule has 1 aliphatic rings. The fraction of sp³-hybridized carbons (Fsp3) is 0.636. The van der Waals surface area contributed by atoms with Crippen LogP contribution in [0.15, 0.2) is 11.7 Å². The van der Waals surface area contributed by atoms with Gasteiger partial charge in [0.1, 0.15) is 0 Å². The van der Waals surface area contributed by atoms with Crippen molar-refractivity contribution in [1.82, 2.24) is 14.8 Å². The van der Waals surface area contributed by atoms with Crippen LogP contribution >= 0.6 is 11.3 Å².